The van der Waals surface area contributed by atoms with Crippen LogP contribution in [0.15, 0.2) is 23.0 Å². The van der Waals surface area contributed by atoms with Gasteiger partial charge >= 0.3 is 0 Å². The number of pyridine rings is 1. The Bertz CT molecular complexity index is 595. The Kier molecular flexibility index (Phi) is 4.29. The Labute approximate surface area is 125 Å². The fourth-order valence-electron chi connectivity index (χ4n) is 3.19. The van der Waals surface area contributed by atoms with Crippen LogP contribution in [0.25, 0.3) is 11.4 Å². The second-order valence-corrected chi connectivity index (χ2v) is 5.63. The number of rotatable bonds is 4. The van der Waals surface area contributed by atoms with Gasteiger partial charge in [-0.2, -0.15) is 4.98 Å². The molecule has 0 amide bonds. The highest BCUT2D eigenvalue weighted by molar-refractivity contribution is 5.58. The van der Waals surface area contributed by atoms with Crippen molar-refractivity contribution in [3.8, 4) is 11.4 Å². The van der Waals surface area contributed by atoms with Crippen LogP contribution >= 0.6 is 0 Å². The highest BCUT2D eigenvalue weighted by Gasteiger charge is 2.30. The lowest BCUT2D eigenvalue weighted by Gasteiger charge is -2.28. The van der Waals surface area contributed by atoms with Crippen LogP contribution in [0.4, 0.5) is 0 Å². The molecular weight excluding hydrogens is 264 g/mol. The molecule has 2 aromatic heterocycles. The van der Waals surface area contributed by atoms with Crippen molar-refractivity contribution in [1.29, 1.82) is 0 Å². The zero-order valence-electron chi connectivity index (χ0n) is 12.7. The van der Waals surface area contributed by atoms with E-state index in [0.29, 0.717) is 17.8 Å². The molecular formula is C16H22N4O. The predicted molar refractivity (Wildman–Crippen MR) is 81.0 cm³/mol. The molecule has 0 spiro atoms. The summed E-state index contributed by atoms with van der Waals surface area (Å²) in [5.74, 6) is 1.78. The summed E-state index contributed by atoms with van der Waals surface area (Å²) in [5.41, 5.74) is 2.18. The molecule has 21 heavy (non-hydrogen) atoms. The van der Waals surface area contributed by atoms with Gasteiger partial charge in [0.1, 0.15) is 0 Å². The molecule has 5 heteroatoms. The maximum atomic E-state index is 5.57. The van der Waals surface area contributed by atoms with E-state index in [1.807, 2.05) is 19.3 Å². The number of likely N-dealkylation sites (N-methyl/N-ethyl adjacent to an activating group) is 1. The van der Waals surface area contributed by atoms with Crippen LogP contribution in [0, 0.1) is 0 Å². The minimum absolute atomic E-state index is 0.330. The van der Waals surface area contributed by atoms with Crippen molar-refractivity contribution in [1.82, 2.24) is 20.4 Å². The standard InChI is InChI=1S/C16H22N4O/c1-3-11-10-18-9-8-12(11)15-19-16(21-20-15)13-6-4-5-7-14(13)17-2/h8-10,13-14,17H,3-7H2,1-2H3. The fourth-order valence-corrected chi connectivity index (χ4v) is 3.19. The van der Waals surface area contributed by atoms with E-state index in [1.54, 1.807) is 6.20 Å². The Morgan fingerprint density at radius 2 is 2.19 bits per heavy atom. The quantitative estimate of drug-likeness (QED) is 0.936. The van der Waals surface area contributed by atoms with Gasteiger partial charge in [0.25, 0.3) is 0 Å². The van der Waals surface area contributed by atoms with E-state index in [1.165, 1.54) is 19.3 Å². The van der Waals surface area contributed by atoms with Crippen molar-refractivity contribution < 1.29 is 4.52 Å². The molecule has 2 atom stereocenters. The minimum atomic E-state index is 0.330. The van der Waals surface area contributed by atoms with Gasteiger partial charge in [-0.15, -0.1) is 0 Å². The monoisotopic (exact) mass is 286 g/mol. The summed E-state index contributed by atoms with van der Waals surface area (Å²) in [4.78, 5) is 8.83. The molecule has 1 fully saturated rings. The number of hydrogen-bond acceptors (Lipinski definition) is 5. The van der Waals surface area contributed by atoms with Crippen molar-refractivity contribution in [3.05, 3.63) is 29.9 Å². The first kappa shape index (κ1) is 14.2. The molecule has 3 rings (SSSR count). The topological polar surface area (TPSA) is 63.8 Å². The molecule has 2 heterocycles. The number of aryl methyl sites for hydroxylation is 1. The molecule has 1 aliphatic rings. The largest absolute Gasteiger partial charge is 0.339 e. The molecule has 0 aromatic carbocycles. The van der Waals surface area contributed by atoms with Gasteiger partial charge in [0.15, 0.2) is 0 Å². The molecule has 0 bridgehead atoms. The number of nitrogens with zero attached hydrogens (tertiary/aromatic N) is 3. The van der Waals surface area contributed by atoms with E-state index in [0.717, 1.165) is 29.9 Å². The smallest absolute Gasteiger partial charge is 0.231 e. The van der Waals surface area contributed by atoms with Crippen molar-refractivity contribution >= 4 is 0 Å². The predicted octanol–water partition coefficient (Wildman–Crippen LogP) is 2.94. The molecule has 2 unspecified atom stereocenters. The summed E-state index contributed by atoms with van der Waals surface area (Å²) in [6.07, 6.45) is 9.36. The highest BCUT2D eigenvalue weighted by Crippen LogP contribution is 2.33. The third kappa shape index (κ3) is 2.83. The first-order valence-corrected chi connectivity index (χ1v) is 7.77. The van der Waals surface area contributed by atoms with Gasteiger partial charge in [-0.3, -0.25) is 4.98 Å². The Morgan fingerprint density at radius 3 is 3.00 bits per heavy atom. The van der Waals surface area contributed by atoms with Crippen LogP contribution < -0.4 is 5.32 Å². The van der Waals surface area contributed by atoms with Crippen molar-refractivity contribution in [2.75, 3.05) is 7.05 Å². The van der Waals surface area contributed by atoms with E-state index in [2.05, 4.69) is 27.4 Å². The van der Waals surface area contributed by atoms with Gasteiger partial charge in [-0.1, -0.05) is 24.9 Å². The number of hydrogen-bond donors (Lipinski definition) is 1. The number of nitrogens with one attached hydrogen (secondary N) is 1. The van der Waals surface area contributed by atoms with Crippen LogP contribution in [-0.4, -0.2) is 28.2 Å². The average Bonchev–Trinajstić information content (AvgIpc) is 3.04. The van der Waals surface area contributed by atoms with E-state index < -0.39 is 0 Å². The van der Waals surface area contributed by atoms with Crippen molar-refractivity contribution in [3.63, 3.8) is 0 Å². The SMILES string of the molecule is CCc1cnccc1-c1noc(C2CCCCC2NC)n1. The maximum Gasteiger partial charge on any atom is 0.231 e. The summed E-state index contributed by atoms with van der Waals surface area (Å²) in [5, 5.41) is 7.58. The summed E-state index contributed by atoms with van der Waals surface area (Å²) < 4.78 is 5.57. The van der Waals surface area contributed by atoms with E-state index in [-0.39, 0.29) is 0 Å². The Hall–Kier alpha value is -1.75. The molecule has 0 radical (unpaired) electrons. The molecule has 112 valence electrons. The fraction of sp³-hybridized carbons (Fsp3) is 0.562. The van der Waals surface area contributed by atoms with Crippen LogP contribution in [0.2, 0.25) is 0 Å². The van der Waals surface area contributed by atoms with Gasteiger partial charge in [-0.05, 0) is 37.9 Å². The van der Waals surface area contributed by atoms with Crippen LogP contribution in [0.5, 0.6) is 0 Å². The Morgan fingerprint density at radius 1 is 1.33 bits per heavy atom. The van der Waals surface area contributed by atoms with Crippen LogP contribution in [0.1, 0.15) is 50.0 Å². The summed E-state index contributed by atoms with van der Waals surface area (Å²) in [6, 6.07) is 2.40. The maximum absolute atomic E-state index is 5.57. The van der Waals surface area contributed by atoms with Gasteiger partial charge in [0.05, 0.1) is 5.92 Å². The van der Waals surface area contributed by atoms with E-state index >= 15 is 0 Å². The Balaban J connectivity index is 1.89. The summed E-state index contributed by atoms with van der Waals surface area (Å²) in [6.45, 7) is 2.11. The molecule has 5 nitrogen and oxygen atoms in total. The van der Waals surface area contributed by atoms with Crippen LogP contribution in [0.3, 0.4) is 0 Å². The van der Waals surface area contributed by atoms with Crippen molar-refractivity contribution in [2.45, 2.75) is 51.0 Å². The molecule has 2 aromatic rings. The van der Waals surface area contributed by atoms with E-state index in [9.17, 15) is 0 Å². The van der Waals surface area contributed by atoms with Gasteiger partial charge in [-0.25, -0.2) is 0 Å². The molecule has 1 aliphatic carbocycles. The lowest BCUT2D eigenvalue weighted by molar-refractivity contribution is 0.270. The lowest BCUT2D eigenvalue weighted by Crippen LogP contribution is -2.34. The second kappa shape index (κ2) is 6.35. The first-order valence-electron chi connectivity index (χ1n) is 7.77. The second-order valence-electron chi connectivity index (χ2n) is 5.63. The summed E-state index contributed by atoms with van der Waals surface area (Å²) >= 11 is 0. The summed E-state index contributed by atoms with van der Waals surface area (Å²) in [7, 11) is 2.01. The normalized spacial score (nSPS) is 22.4. The zero-order chi connectivity index (χ0) is 14.7. The van der Waals surface area contributed by atoms with Gasteiger partial charge in [0.2, 0.25) is 11.7 Å². The van der Waals surface area contributed by atoms with Crippen LogP contribution in [-0.2, 0) is 6.42 Å². The van der Waals surface area contributed by atoms with Gasteiger partial charge in [0, 0.05) is 24.0 Å². The molecule has 0 aliphatic heterocycles. The zero-order valence-corrected chi connectivity index (χ0v) is 12.7. The first-order chi connectivity index (χ1) is 10.3. The molecule has 1 N–H and O–H groups in total. The van der Waals surface area contributed by atoms with Crippen molar-refractivity contribution in [2.24, 2.45) is 0 Å². The highest BCUT2D eigenvalue weighted by atomic mass is 16.5. The number of aromatic nitrogens is 3. The third-order valence-electron chi connectivity index (χ3n) is 4.42. The lowest BCUT2D eigenvalue weighted by atomic mass is 9.84. The molecule has 1 saturated carbocycles. The average molecular weight is 286 g/mol. The van der Waals surface area contributed by atoms with Gasteiger partial charge < -0.3 is 9.84 Å². The van der Waals surface area contributed by atoms with E-state index in [4.69, 9.17) is 4.52 Å². The minimum Gasteiger partial charge on any atom is -0.339 e. The molecule has 0 saturated heterocycles. The third-order valence-corrected chi connectivity index (χ3v) is 4.42.